The molecule has 0 atom stereocenters. The van der Waals surface area contributed by atoms with Gasteiger partial charge in [-0.3, -0.25) is 0 Å². The fourth-order valence-corrected chi connectivity index (χ4v) is 2.83. The van der Waals surface area contributed by atoms with Crippen molar-refractivity contribution < 1.29 is 9.84 Å². The smallest absolute Gasteiger partial charge is 0.168 e. The largest absolute Gasteiger partial charge is 0.491 e. The average Bonchev–Trinajstić information content (AvgIpc) is 2.77. The van der Waals surface area contributed by atoms with Crippen LogP contribution < -0.4 is 4.74 Å². The Bertz CT molecular complexity index is 590. The number of hydrogen-bond acceptors (Lipinski definition) is 4. The van der Waals surface area contributed by atoms with Gasteiger partial charge in [0, 0.05) is 17.8 Å². The van der Waals surface area contributed by atoms with Crippen LogP contribution in [0.2, 0.25) is 10.0 Å². The van der Waals surface area contributed by atoms with Crippen molar-refractivity contribution in [2.75, 3.05) is 12.4 Å². The molecular formula is C13H14Cl2N2O2S. The van der Waals surface area contributed by atoms with Gasteiger partial charge in [0.15, 0.2) is 5.16 Å². The monoisotopic (exact) mass is 332 g/mol. The summed E-state index contributed by atoms with van der Waals surface area (Å²) in [5, 5.41) is 11.0. The Kier molecular flexibility index (Phi) is 5.60. The molecule has 0 aliphatic heterocycles. The van der Waals surface area contributed by atoms with E-state index in [0.717, 1.165) is 16.6 Å². The summed E-state index contributed by atoms with van der Waals surface area (Å²) >= 11 is 13.4. The summed E-state index contributed by atoms with van der Waals surface area (Å²) < 4.78 is 7.45. The first-order chi connectivity index (χ1) is 9.61. The minimum absolute atomic E-state index is 0.0130. The van der Waals surface area contributed by atoms with Crippen molar-refractivity contribution in [3.8, 4) is 5.75 Å². The number of aromatic nitrogens is 2. The van der Waals surface area contributed by atoms with Gasteiger partial charge < -0.3 is 14.4 Å². The van der Waals surface area contributed by atoms with Crippen molar-refractivity contribution in [3.05, 3.63) is 40.1 Å². The maximum Gasteiger partial charge on any atom is 0.168 e. The fourth-order valence-electron chi connectivity index (χ4n) is 1.58. The van der Waals surface area contributed by atoms with Crippen molar-refractivity contribution in [1.82, 2.24) is 9.55 Å². The molecule has 1 heterocycles. The summed E-state index contributed by atoms with van der Waals surface area (Å²) in [7, 11) is 1.87. The highest BCUT2D eigenvalue weighted by molar-refractivity contribution is 7.99. The molecule has 0 saturated heterocycles. The second-order valence-corrected chi connectivity index (χ2v) is 5.93. The van der Waals surface area contributed by atoms with E-state index in [1.807, 2.05) is 11.6 Å². The Labute approximate surface area is 131 Å². The lowest BCUT2D eigenvalue weighted by Gasteiger charge is -2.08. The van der Waals surface area contributed by atoms with E-state index in [4.69, 9.17) is 33.0 Å². The predicted octanol–water partition coefficient (Wildman–Crippen LogP) is 3.39. The standard InChI is InChI=1S/C13H14Cl2N2O2S/c1-17-10(8-18)7-16-13(17)20-5-4-19-12-3-2-9(14)6-11(12)15/h2-3,6-7,18H,4-5,8H2,1H3. The summed E-state index contributed by atoms with van der Waals surface area (Å²) in [6.45, 7) is 0.494. The minimum Gasteiger partial charge on any atom is -0.491 e. The van der Waals surface area contributed by atoms with Crippen LogP contribution in [-0.4, -0.2) is 27.0 Å². The Morgan fingerprint density at radius 2 is 2.20 bits per heavy atom. The Morgan fingerprint density at radius 3 is 2.85 bits per heavy atom. The predicted molar refractivity (Wildman–Crippen MR) is 81.8 cm³/mol. The number of imidazole rings is 1. The van der Waals surface area contributed by atoms with Gasteiger partial charge in [-0.25, -0.2) is 4.98 Å². The number of thioether (sulfide) groups is 1. The van der Waals surface area contributed by atoms with Gasteiger partial charge in [-0.2, -0.15) is 0 Å². The molecule has 20 heavy (non-hydrogen) atoms. The molecule has 0 fully saturated rings. The molecule has 4 nitrogen and oxygen atoms in total. The van der Waals surface area contributed by atoms with Crippen LogP contribution in [0.15, 0.2) is 29.6 Å². The first-order valence-electron chi connectivity index (χ1n) is 5.94. The van der Waals surface area contributed by atoms with Gasteiger partial charge in [0.05, 0.1) is 30.1 Å². The Morgan fingerprint density at radius 1 is 1.40 bits per heavy atom. The third kappa shape index (κ3) is 3.82. The molecule has 1 aromatic carbocycles. The van der Waals surface area contributed by atoms with Gasteiger partial charge in [-0.1, -0.05) is 35.0 Å². The van der Waals surface area contributed by atoms with Gasteiger partial charge in [0.2, 0.25) is 0 Å². The molecule has 1 N–H and O–H groups in total. The van der Waals surface area contributed by atoms with Crippen LogP contribution >= 0.6 is 35.0 Å². The van der Waals surface area contributed by atoms with Gasteiger partial charge in [-0.15, -0.1) is 0 Å². The van der Waals surface area contributed by atoms with Crippen LogP contribution in [0.25, 0.3) is 0 Å². The van der Waals surface area contributed by atoms with Crippen molar-refractivity contribution in [2.24, 2.45) is 7.05 Å². The van der Waals surface area contributed by atoms with Gasteiger partial charge >= 0.3 is 0 Å². The van der Waals surface area contributed by atoms with E-state index in [9.17, 15) is 0 Å². The Balaban J connectivity index is 1.83. The van der Waals surface area contributed by atoms with Gasteiger partial charge in [0.1, 0.15) is 5.75 Å². The van der Waals surface area contributed by atoms with Gasteiger partial charge in [0.25, 0.3) is 0 Å². The van der Waals surface area contributed by atoms with Crippen molar-refractivity contribution in [3.63, 3.8) is 0 Å². The van der Waals surface area contributed by atoms with E-state index < -0.39 is 0 Å². The molecule has 1 aromatic heterocycles. The summed E-state index contributed by atoms with van der Waals surface area (Å²) in [6, 6.07) is 5.14. The summed E-state index contributed by atoms with van der Waals surface area (Å²) in [5.74, 6) is 1.35. The van der Waals surface area contributed by atoms with E-state index in [1.54, 1.807) is 36.2 Å². The third-order valence-corrected chi connectivity index (χ3v) is 4.21. The lowest BCUT2D eigenvalue weighted by molar-refractivity contribution is 0.271. The molecule has 7 heteroatoms. The van der Waals surface area contributed by atoms with E-state index in [1.165, 1.54) is 0 Å². The first kappa shape index (κ1) is 15.5. The zero-order valence-electron chi connectivity index (χ0n) is 10.8. The highest BCUT2D eigenvalue weighted by Gasteiger charge is 2.07. The molecule has 0 aliphatic carbocycles. The molecule has 2 rings (SSSR count). The average molecular weight is 333 g/mol. The van der Waals surface area contributed by atoms with Crippen molar-refractivity contribution in [2.45, 2.75) is 11.8 Å². The van der Waals surface area contributed by atoms with Crippen LogP contribution in [0.5, 0.6) is 5.75 Å². The number of halogens is 2. The molecule has 0 aliphatic rings. The fraction of sp³-hybridized carbons (Fsp3) is 0.308. The lowest BCUT2D eigenvalue weighted by Crippen LogP contribution is -2.03. The highest BCUT2D eigenvalue weighted by atomic mass is 35.5. The van der Waals surface area contributed by atoms with Crippen molar-refractivity contribution >= 4 is 35.0 Å². The summed E-state index contributed by atoms with van der Waals surface area (Å²) in [4.78, 5) is 4.23. The molecule has 0 spiro atoms. The summed E-state index contributed by atoms with van der Waals surface area (Å²) in [5.41, 5.74) is 0.786. The molecule has 0 bridgehead atoms. The maximum absolute atomic E-state index is 9.08. The molecular weight excluding hydrogens is 319 g/mol. The molecule has 0 radical (unpaired) electrons. The normalized spacial score (nSPS) is 10.8. The molecule has 2 aromatic rings. The quantitative estimate of drug-likeness (QED) is 0.650. The number of benzene rings is 1. The number of rotatable bonds is 6. The van der Waals surface area contributed by atoms with Crippen LogP contribution in [0.1, 0.15) is 5.69 Å². The lowest BCUT2D eigenvalue weighted by atomic mass is 10.3. The van der Waals surface area contributed by atoms with Gasteiger partial charge in [-0.05, 0) is 18.2 Å². The maximum atomic E-state index is 9.08. The number of aliphatic hydroxyl groups is 1. The van der Waals surface area contributed by atoms with E-state index >= 15 is 0 Å². The van der Waals surface area contributed by atoms with Crippen molar-refractivity contribution in [1.29, 1.82) is 0 Å². The molecule has 0 unspecified atom stereocenters. The molecule has 0 amide bonds. The number of aliphatic hydroxyl groups excluding tert-OH is 1. The van der Waals surface area contributed by atoms with Crippen LogP contribution in [0, 0.1) is 0 Å². The Hall–Kier alpha value is -0.880. The third-order valence-electron chi connectivity index (χ3n) is 2.67. The van der Waals surface area contributed by atoms with Crippen LogP contribution in [-0.2, 0) is 13.7 Å². The summed E-state index contributed by atoms with van der Waals surface area (Å²) in [6.07, 6.45) is 1.67. The molecule has 0 saturated carbocycles. The van der Waals surface area contributed by atoms with E-state index in [0.29, 0.717) is 22.4 Å². The zero-order valence-corrected chi connectivity index (χ0v) is 13.2. The number of nitrogens with zero attached hydrogens (tertiary/aromatic N) is 2. The minimum atomic E-state index is -0.0130. The van der Waals surface area contributed by atoms with Crippen LogP contribution in [0.4, 0.5) is 0 Å². The second-order valence-electron chi connectivity index (χ2n) is 4.02. The molecule has 108 valence electrons. The van der Waals surface area contributed by atoms with E-state index in [-0.39, 0.29) is 6.61 Å². The SMILES string of the molecule is Cn1c(CO)cnc1SCCOc1ccc(Cl)cc1Cl. The van der Waals surface area contributed by atoms with Crippen LogP contribution in [0.3, 0.4) is 0 Å². The number of hydrogen-bond donors (Lipinski definition) is 1. The first-order valence-corrected chi connectivity index (χ1v) is 7.68. The number of ether oxygens (including phenoxy) is 1. The second kappa shape index (κ2) is 7.22. The topological polar surface area (TPSA) is 47.3 Å². The zero-order chi connectivity index (χ0) is 14.5. The highest BCUT2D eigenvalue weighted by Crippen LogP contribution is 2.27. The van der Waals surface area contributed by atoms with E-state index in [2.05, 4.69) is 4.98 Å².